The zero-order chi connectivity index (χ0) is 16.3. The van der Waals surface area contributed by atoms with Gasteiger partial charge in [-0.1, -0.05) is 13.8 Å². The minimum absolute atomic E-state index is 0.0374. The fourth-order valence-corrected chi connectivity index (χ4v) is 3.54. The molecule has 1 aromatic heterocycles. The van der Waals surface area contributed by atoms with Gasteiger partial charge in [0, 0.05) is 6.54 Å². The normalized spacial score (nSPS) is 19.3. The van der Waals surface area contributed by atoms with Crippen LogP contribution in [0, 0.1) is 12.8 Å². The van der Waals surface area contributed by atoms with Gasteiger partial charge in [0.2, 0.25) is 5.91 Å². The maximum atomic E-state index is 12.7. The topological polar surface area (TPSA) is 66.5 Å². The summed E-state index contributed by atoms with van der Waals surface area (Å²) >= 11 is 1.37. The molecule has 2 heterocycles. The predicted octanol–water partition coefficient (Wildman–Crippen LogP) is 2.00. The molecule has 0 saturated carbocycles. The first-order chi connectivity index (χ1) is 10.5. The van der Waals surface area contributed by atoms with Gasteiger partial charge in [-0.2, -0.15) is 0 Å². The fraction of sp³-hybridized carbons (Fsp3) is 0.562. The first-order valence-electron chi connectivity index (χ1n) is 7.56. The maximum absolute atomic E-state index is 12.7. The summed E-state index contributed by atoms with van der Waals surface area (Å²) in [5, 5.41) is 4.71. The lowest BCUT2D eigenvalue weighted by atomic mass is 10.0. The van der Waals surface area contributed by atoms with Gasteiger partial charge in [0.05, 0.1) is 10.9 Å². The lowest BCUT2D eigenvalue weighted by molar-refractivity contribution is -0.137. The molecule has 2 rings (SSSR count). The van der Waals surface area contributed by atoms with E-state index in [2.05, 4.69) is 5.32 Å². The molecular weight excluding hydrogens is 300 g/mol. The second-order valence-electron chi connectivity index (χ2n) is 6.01. The average Bonchev–Trinajstić information content (AvgIpc) is 3.11. The van der Waals surface area contributed by atoms with E-state index < -0.39 is 6.04 Å². The lowest BCUT2D eigenvalue weighted by Crippen LogP contribution is -2.52. The molecule has 5 nitrogen and oxygen atoms in total. The quantitative estimate of drug-likeness (QED) is 0.843. The number of aldehydes is 1. The summed E-state index contributed by atoms with van der Waals surface area (Å²) in [6, 6.07) is 0.929. The Morgan fingerprint density at radius 1 is 1.45 bits per heavy atom. The summed E-state index contributed by atoms with van der Waals surface area (Å²) in [4.78, 5) is 38.4. The van der Waals surface area contributed by atoms with Crippen LogP contribution in [-0.4, -0.2) is 41.6 Å². The van der Waals surface area contributed by atoms with Crippen molar-refractivity contribution >= 4 is 29.4 Å². The van der Waals surface area contributed by atoms with Gasteiger partial charge >= 0.3 is 0 Å². The molecule has 0 bridgehead atoms. The van der Waals surface area contributed by atoms with Crippen molar-refractivity contribution in [2.75, 3.05) is 6.54 Å². The van der Waals surface area contributed by atoms with Crippen molar-refractivity contribution in [3.8, 4) is 0 Å². The van der Waals surface area contributed by atoms with E-state index in [-0.39, 0.29) is 23.8 Å². The summed E-state index contributed by atoms with van der Waals surface area (Å²) in [5.41, 5.74) is 0.907. The third-order valence-corrected chi connectivity index (χ3v) is 5.04. The Bertz CT molecular complexity index is 567. The minimum atomic E-state index is -0.602. The Morgan fingerprint density at radius 3 is 2.73 bits per heavy atom. The van der Waals surface area contributed by atoms with Crippen LogP contribution in [0.1, 0.15) is 41.9 Å². The van der Waals surface area contributed by atoms with Crippen LogP contribution in [0.25, 0.3) is 0 Å². The summed E-state index contributed by atoms with van der Waals surface area (Å²) in [7, 11) is 0. The number of carbonyl (C=O) groups excluding carboxylic acids is 3. The Morgan fingerprint density at radius 2 is 2.18 bits per heavy atom. The summed E-state index contributed by atoms with van der Waals surface area (Å²) < 4.78 is 0. The molecule has 2 atom stereocenters. The molecule has 2 amide bonds. The fourth-order valence-electron chi connectivity index (χ4n) is 2.71. The van der Waals surface area contributed by atoms with Crippen LogP contribution >= 0.6 is 11.3 Å². The lowest BCUT2D eigenvalue weighted by Gasteiger charge is -2.29. The molecular formula is C16H22N2O3S. The van der Waals surface area contributed by atoms with Crippen molar-refractivity contribution < 1.29 is 14.4 Å². The number of thiophene rings is 1. The second-order valence-corrected chi connectivity index (χ2v) is 6.92. The van der Waals surface area contributed by atoms with E-state index in [0.717, 1.165) is 18.3 Å². The number of amides is 2. The van der Waals surface area contributed by atoms with Crippen LogP contribution in [0.5, 0.6) is 0 Å². The first kappa shape index (κ1) is 16.7. The van der Waals surface area contributed by atoms with Crippen LogP contribution in [0.2, 0.25) is 0 Å². The van der Waals surface area contributed by atoms with Gasteiger partial charge in [0.15, 0.2) is 0 Å². The average molecular weight is 322 g/mol. The van der Waals surface area contributed by atoms with Gasteiger partial charge in [-0.25, -0.2) is 0 Å². The van der Waals surface area contributed by atoms with E-state index in [1.807, 2.05) is 32.2 Å². The number of nitrogens with zero attached hydrogens (tertiary/aromatic N) is 1. The number of nitrogens with one attached hydrogen (secondary N) is 1. The molecule has 0 spiro atoms. The van der Waals surface area contributed by atoms with E-state index in [4.69, 9.17) is 0 Å². The Kier molecular flexibility index (Phi) is 5.34. The molecule has 0 radical (unpaired) electrons. The van der Waals surface area contributed by atoms with Crippen LogP contribution in [0.4, 0.5) is 0 Å². The second kappa shape index (κ2) is 7.05. The molecule has 22 heavy (non-hydrogen) atoms. The predicted molar refractivity (Wildman–Crippen MR) is 85.9 cm³/mol. The number of likely N-dealkylation sites (tertiary alicyclic amines) is 1. The SMILES string of the molecule is Cc1ccsc1C(=O)N[C@H](C(=O)N1CCC[C@H]1C=O)C(C)C. The Labute approximate surface area is 134 Å². The summed E-state index contributed by atoms with van der Waals surface area (Å²) in [6.45, 7) is 6.26. The molecule has 0 aliphatic carbocycles. The third kappa shape index (κ3) is 3.38. The standard InChI is InChI=1S/C16H22N2O3S/c1-10(2)13(16(21)18-7-4-5-12(18)9-19)17-15(20)14-11(3)6-8-22-14/h6,8-10,12-13H,4-5,7H2,1-3H3,(H,17,20)/t12-,13-/m0/s1. The molecule has 1 aromatic rings. The van der Waals surface area contributed by atoms with E-state index in [1.54, 1.807) is 4.90 Å². The Balaban J connectivity index is 2.13. The first-order valence-corrected chi connectivity index (χ1v) is 8.44. The highest BCUT2D eigenvalue weighted by molar-refractivity contribution is 7.12. The molecule has 1 saturated heterocycles. The van der Waals surface area contributed by atoms with Crippen molar-refractivity contribution in [2.24, 2.45) is 5.92 Å². The van der Waals surface area contributed by atoms with Crippen LogP contribution in [-0.2, 0) is 9.59 Å². The van der Waals surface area contributed by atoms with E-state index in [1.165, 1.54) is 11.3 Å². The molecule has 0 unspecified atom stereocenters. The smallest absolute Gasteiger partial charge is 0.262 e. The molecule has 6 heteroatoms. The van der Waals surface area contributed by atoms with Gasteiger partial charge < -0.3 is 15.0 Å². The highest BCUT2D eigenvalue weighted by Gasteiger charge is 2.35. The largest absolute Gasteiger partial charge is 0.339 e. The third-order valence-electron chi connectivity index (χ3n) is 4.03. The van der Waals surface area contributed by atoms with E-state index in [9.17, 15) is 14.4 Å². The van der Waals surface area contributed by atoms with E-state index >= 15 is 0 Å². The van der Waals surface area contributed by atoms with Crippen molar-refractivity contribution in [1.82, 2.24) is 10.2 Å². The number of carbonyl (C=O) groups is 3. The highest BCUT2D eigenvalue weighted by Crippen LogP contribution is 2.20. The summed E-state index contributed by atoms with van der Waals surface area (Å²) in [6.07, 6.45) is 2.36. The molecule has 0 aromatic carbocycles. The van der Waals surface area contributed by atoms with Gasteiger partial charge in [0.1, 0.15) is 12.3 Å². The number of hydrogen-bond acceptors (Lipinski definition) is 4. The maximum Gasteiger partial charge on any atom is 0.262 e. The highest BCUT2D eigenvalue weighted by atomic mass is 32.1. The molecule has 120 valence electrons. The zero-order valence-electron chi connectivity index (χ0n) is 13.2. The monoisotopic (exact) mass is 322 g/mol. The van der Waals surface area contributed by atoms with Crippen LogP contribution in [0.15, 0.2) is 11.4 Å². The number of rotatable bonds is 5. The van der Waals surface area contributed by atoms with Gasteiger partial charge in [-0.15, -0.1) is 11.3 Å². The van der Waals surface area contributed by atoms with E-state index in [0.29, 0.717) is 17.8 Å². The van der Waals surface area contributed by atoms with Crippen molar-refractivity contribution in [1.29, 1.82) is 0 Å². The van der Waals surface area contributed by atoms with Gasteiger partial charge in [0.25, 0.3) is 5.91 Å². The summed E-state index contributed by atoms with van der Waals surface area (Å²) in [5.74, 6) is -0.418. The number of hydrogen-bond donors (Lipinski definition) is 1. The molecule has 1 fully saturated rings. The zero-order valence-corrected chi connectivity index (χ0v) is 14.0. The molecule has 1 aliphatic heterocycles. The van der Waals surface area contributed by atoms with Gasteiger partial charge in [-0.05, 0) is 42.7 Å². The minimum Gasteiger partial charge on any atom is -0.339 e. The molecule has 1 N–H and O–H groups in total. The number of aryl methyl sites for hydroxylation is 1. The van der Waals surface area contributed by atoms with Crippen molar-refractivity contribution in [3.63, 3.8) is 0 Å². The van der Waals surface area contributed by atoms with Crippen LogP contribution in [0.3, 0.4) is 0 Å². The van der Waals surface area contributed by atoms with Gasteiger partial charge in [-0.3, -0.25) is 9.59 Å². The Hall–Kier alpha value is -1.69. The molecule has 1 aliphatic rings. The van der Waals surface area contributed by atoms with Crippen molar-refractivity contribution in [2.45, 2.75) is 45.7 Å². The van der Waals surface area contributed by atoms with Crippen molar-refractivity contribution in [3.05, 3.63) is 21.9 Å². The van der Waals surface area contributed by atoms with Crippen LogP contribution < -0.4 is 5.32 Å².